The highest BCUT2D eigenvalue weighted by atomic mass is 14.7. The SMILES string of the molecule is CC(C)(C)N.CCCCCCCCCC. The molecule has 0 aromatic heterocycles. The average Bonchev–Trinajstić information content (AvgIpc) is 2.08. The summed E-state index contributed by atoms with van der Waals surface area (Å²) in [5.41, 5.74) is 5.35. The van der Waals surface area contributed by atoms with Gasteiger partial charge < -0.3 is 5.73 Å². The highest BCUT2D eigenvalue weighted by Gasteiger charge is 1.95. The van der Waals surface area contributed by atoms with Crippen LogP contribution >= 0.6 is 0 Å². The molecule has 0 amide bonds. The molecule has 0 saturated heterocycles. The molecule has 0 spiro atoms. The Kier molecular flexibility index (Phi) is 13.9. The molecule has 0 aliphatic carbocycles. The van der Waals surface area contributed by atoms with Crippen LogP contribution in [0.3, 0.4) is 0 Å². The summed E-state index contributed by atoms with van der Waals surface area (Å²) < 4.78 is 0. The zero-order chi connectivity index (χ0) is 12.2. The second-order valence-corrected chi connectivity index (χ2v) is 5.49. The Bertz CT molecular complexity index is 88.4. The lowest BCUT2D eigenvalue weighted by molar-refractivity contribution is 0.580. The van der Waals surface area contributed by atoms with E-state index in [-0.39, 0.29) is 5.54 Å². The second kappa shape index (κ2) is 12.0. The van der Waals surface area contributed by atoms with Crippen LogP contribution in [0.5, 0.6) is 0 Å². The minimum absolute atomic E-state index is 0. The molecule has 1 nitrogen and oxygen atoms in total. The molecule has 0 bridgehead atoms. The Labute approximate surface area is 97.8 Å². The van der Waals surface area contributed by atoms with Gasteiger partial charge in [0, 0.05) is 5.54 Å². The maximum Gasteiger partial charge on any atom is 0.00686 e. The van der Waals surface area contributed by atoms with Gasteiger partial charge in [-0.25, -0.2) is 0 Å². The molecule has 0 aliphatic heterocycles. The Morgan fingerprint density at radius 3 is 1.07 bits per heavy atom. The minimum Gasteiger partial charge on any atom is -0.326 e. The van der Waals surface area contributed by atoms with E-state index in [0.29, 0.717) is 0 Å². The van der Waals surface area contributed by atoms with Crippen molar-refractivity contribution in [3.63, 3.8) is 0 Å². The number of rotatable bonds is 7. The molecule has 0 unspecified atom stereocenters. The van der Waals surface area contributed by atoms with Crippen molar-refractivity contribution in [1.29, 1.82) is 0 Å². The van der Waals surface area contributed by atoms with Crippen LogP contribution in [-0.4, -0.2) is 5.54 Å². The Morgan fingerprint density at radius 2 is 0.867 bits per heavy atom. The molecule has 0 saturated carbocycles. The van der Waals surface area contributed by atoms with E-state index in [1.807, 2.05) is 20.8 Å². The normalized spacial score (nSPS) is 10.8. The van der Waals surface area contributed by atoms with Crippen LogP contribution in [0.4, 0.5) is 0 Å². The molecule has 0 fully saturated rings. The number of hydrogen-bond donors (Lipinski definition) is 1. The first-order valence-electron chi connectivity index (χ1n) is 6.70. The van der Waals surface area contributed by atoms with Crippen molar-refractivity contribution in [3.8, 4) is 0 Å². The summed E-state index contributed by atoms with van der Waals surface area (Å²) in [7, 11) is 0. The summed E-state index contributed by atoms with van der Waals surface area (Å²) in [6, 6.07) is 0. The van der Waals surface area contributed by atoms with Crippen molar-refractivity contribution in [2.45, 2.75) is 91.5 Å². The topological polar surface area (TPSA) is 26.0 Å². The van der Waals surface area contributed by atoms with Gasteiger partial charge in [-0.05, 0) is 20.8 Å². The van der Waals surface area contributed by atoms with Gasteiger partial charge in [0.15, 0.2) is 0 Å². The van der Waals surface area contributed by atoms with Gasteiger partial charge in [-0.15, -0.1) is 0 Å². The third-order valence-electron chi connectivity index (χ3n) is 1.96. The van der Waals surface area contributed by atoms with Gasteiger partial charge in [-0.2, -0.15) is 0 Å². The lowest BCUT2D eigenvalue weighted by atomic mass is 10.1. The molecule has 1 heteroatoms. The fraction of sp³-hybridized carbons (Fsp3) is 1.00. The predicted molar refractivity (Wildman–Crippen MR) is 72.2 cm³/mol. The van der Waals surface area contributed by atoms with Crippen molar-refractivity contribution in [3.05, 3.63) is 0 Å². The van der Waals surface area contributed by atoms with Crippen molar-refractivity contribution >= 4 is 0 Å². The standard InChI is InChI=1S/C10H22.C4H11N/c1-3-5-7-9-10-8-6-4-2;1-4(2,3)5/h3-10H2,1-2H3;5H2,1-3H3. The largest absolute Gasteiger partial charge is 0.326 e. The predicted octanol–water partition coefficient (Wildman–Crippen LogP) is 4.89. The summed E-state index contributed by atoms with van der Waals surface area (Å²) in [5.74, 6) is 0. The van der Waals surface area contributed by atoms with Crippen LogP contribution in [0, 0.1) is 0 Å². The number of nitrogens with two attached hydrogens (primary N) is 1. The van der Waals surface area contributed by atoms with E-state index in [1.54, 1.807) is 0 Å². The first-order chi connectivity index (χ1) is 6.91. The summed E-state index contributed by atoms with van der Waals surface area (Å²) in [5, 5.41) is 0. The molecule has 0 atom stereocenters. The summed E-state index contributed by atoms with van der Waals surface area (Å²) in [4.78, 5) is 0. The first kappa shape index (κ1) is 17.4. The van der Waals surface area contributed by atoms with Crippen molar-refractivity contribution in [2.75, 3.05) is 0 Å². The van der Waals surface area contributed by atoms with E-state index in [4.69, 9.17) is 5.73 Å². The monoisotopic (exact) mass is 215 g/mol. The molecule has 0 rings (SSSR count). The number of unbranched alkanes of at least 4 members (excludes halogenated alkanes) is 7. The molecule has 0 aromatic carbocycles. The maximum atomic E-state index is 5.35. The minimum atomic E-state index is 0. The fourth-order valence-electron chi connectivity index (χ4n) is 1.21. The Hall–Kier alpha value is -0.0400. The molecule has 0 aromatic rings. The molecule has 15 heavy (non-hydrogen) atoms. The van der Waals surface area contributed by atoms with E-state index in [1.165, 1.54) is 51.4 Å². The summed E-state index contributed by atoms with van der Waals surface area (Å²) >= 11 is 0. The van der Waals surface area contributed by atoms with Gasteiger partial charge in [0.25, 0.3) is 0 Å². The van der Waals surface area contributed by atoms with E-state index >= 15 is 0 Å². The highest BCUT2D eigenvalue weighted by Crippen LogP contribution is 2.07. The van der Waals surface area contributed by atoms with Crippen molar-refractivity contribution in [1.82, 2.24) is 0 Å². The van der Waals surface area contributed by atoms with Gasteiger partial charge in [-0.1, -0.05) is 65.2 Å². The van der Waals surface area contributed by atoms with Crippen LogP contribution in [-0.2, 0) is 0 Å². The van der Waals surface area contributed by atoms with E-state index in [2.05, 4.69) is 13.8 Å². The van der Waals surface area contributed by atoms with Gasteiger partial charge in [0.1, 0.15) is 0 Å². The van der Waals surface area contributed by atoms with Crippen molar-refractivity contribution in [2.24, 2.45) is 5.73 Å². The molecular weight excluding hydrogens is 182 g/mol. The Balaban J connectivity index is 0. The maximum absolute atomic E-state index is 5.35. The lowest BCUT2D eigenvalue weighted by Crippen LogP contribution is -2.26. The highest BCUT2D eigenvalue weighted by molar-refractivity contribution is 4.60. The summed E-state index contributed by atoms with van der Waals surface area (Å²) in [6.45, 7) is 10.4. The summed E-state index contributed by atoms with van der Waals surface area (Å²) in [6.07, 6.45) is 11.5. The van der Waals surface area contributed by atoms with Gasteiger partial charge >= 0.3 is 0 Å². The number of hydrogen-bond acceptors (Lipinski definition) is 1. The molecule has 0 radical (unpaired) electrons. The first-order valence-corrected chi connectivity index (χ1v) is 6.70. The third-order valence-corrected chi connectivity index (χ3v) is 1.96. The van der Waals surface area contributed by atoms with E-state index in [0.717, 1.165) is 0 Å². The molecule has 2 N–H and O–H groups in total. The van der Waals surface area contributed by atoms with Crippen LogP contribution in [0.2, 0.25) is 0 Å². The quantitative estimate of drug-likeness (QED) is 0.601. The zero-order valence-electron chi connectivity index (χ0n) is 11.7. The molecule has 0 aliphatic rings. The van der Waals surface area contributed by atoms with Gasteiger partial charge in [-0.3, -0.25) is 0 Å². The third kappa shape index (κ3) is 41.2. The van der Waals surface area contributed by atoms with E-state index < -0.39 is 0 Å². The Morgan fingerprint density at radius 1 is 0.667 bits per heavy atom. The molecule has 0 heterocycles. The van der Waals surface area contributed by atoms with Crippen LogP contribution in [0.15, 0.2) is 0 Å². The smallest absolute Gasteiger partial charge is 0.00686 e. The van der Waals surface area contributed by atoms with Crippen LogP contribution in [0.1, 0.15) is 86.0 Å². The lowest BCUT2D eigenvalue weighted by Gasteiger charge is -2.06. The van der Waals surface area contributed by atoms with Crippen molar-refractivity contribution < 1.29 is 0 Å². The van der Waals surface area contributed by atoms with Gasteiger partial charge in [0.2, 0.25) is 0 Å². The zero-order valence-corrected chi connectivity index (χ0v) is 11.7. The van der Waals surface area contributed by atoms with Gasteiger partial charge in [0.05, 0.1) is 0 Å². The average molecular weight is 215 g/mol. The molecular formula is C14H33N. The fourth-order valence-corrected chi connectivity index (χ4v) is 1.21. The second-order valence-electron chi connectivity index (χ2n) is 5.49. The van der Waals surface area contributed by atoms with Crippen LogP contribution in [0.25, 0.3) is 0 Å². The molecule has 94 valence electrons. The van der Waals surface area contributed by atoms with Crippen LogP contribution < -0.4 is 5.73 Å². The van der Waals surface area contributed by atoms with E-state index in [9.17, 15) is 0 Å².